The van der Waals surface area contributed by atoms with Crippen LogP contribution in [-0.4, -0.2) is 16.8 Å². The number of halogens is 1. The van der Waals surface area contributed by atoms with E-state index in [1.54, 1.807) is 0 Å². The van der Waals surface area contributed by atoms with Gasteiger partial charge in [-0.25, -0.2) is 0 Å². The van der Waals surface area contributed by atoms with Crippen LogP contribution in [0.15, 0.2) is 46.9 Å². The van der Waals surface area contributed by atoms with Crippen LogP contribution in [0.5, 0.6) is 0 Å². The Morgan fingerprint density at radius 2 is 1.86 bits per heavy atom. The zero-order valence-corrected chi connectivity index (χ0v) is 17.2. The first kappa shape index (κ1) is 18.7. The highest BCUT2D eigenvalue weighted by atomic mass is 79.9. The SMILES string of the molecule is Cc1ccc2[nH]c(-c3ccc(Br)cc3)c(CCC(=O)NNC(=O)C3CC3)c2c1. The summed E-state index contributed by atoms with van der Waals surface area (Å²) in [5.74, 6) is -0.203. The van der Waals surface area contributed by atoms with Crippen molar-refractivity contribution in [3.8, 4) is 11.3 Å². The predicted octanol–water partition coefficient (Wildman–Crippen LogP) is 4.40. The molecule has 1 aromatic heterocycles. The normalized spacial score (nSPS) is 13.5. The van der Waals surface area contributed by atoms with E-state index in [1.807, 2.05) is 12.1 Å². The molecular formula is C22H22BrN3O2. The van der Waals surface area contributed by atoms with Crippen LogP contribution in [0.4, 0.5) is 0 Å². The van der Waals surface area contributed by atoms with Crippen molar-refractivity contribution in [1.82, 2.24) is 15.8 Å². The second-order valence-corrected chi connectivity index (χ2v) is 8.26. The molecule has 5 nitrogen and oxygen atoms in total. The molecule has 0 atom stereocenters. The molecule has 0 radical (unpaired) electrons. The van der Waals surface area contributed by atoms with Crippen molar-refractivity contribution in [2.45, 2.75) is 32.6 Å². The first-order valence-electron chi connectivity index (χ1n) is 9.47. The van der Waals surface area contributed by atoms with E-state index in [4.69, 9.17) is 0 Å². The van der Waals surface area contributed by atoms with Gasteiger partial charge in [-0.1, -0.05) is 39.7 Å². The Morgan fingerprint density at radius 3 is 2.57 bits per heavy atom. The number of hydrazine groups is 1. The summed E-state index contributed by atoms with van der Waals surface area (Å²) in [5.41, 5.74) is 10.5. The van der Waals surface area contributed by atoms with Gasteiger partial charge in [-0.05, 0) is 61.6 Å². The molecule has 1 heterocycles. The number of aromatic amines is 1. The van der Waals surface area contributed by atoms with Crippen LogP contribution in [0, 0.1) is 12.8 Å². The number of nitrogens with one attached hydrogen (secondary N) is 3. The molecule has 0 spiro atoms. The number of fused-ring (bicyclic) bond motifs is 1. The third kappa shape index (κ3) is 4.12. The molecule has 1 aliphatic rings. The largest absolute Gasteiger partial charge is 0.354 e. The smallest absolute Gasteiger partial charge is 0.241 e. The quantitative estimate of drug-likeness (QED) is 0.515. The minimum absolute atomic E-state index is 0.0703. The Hall–Kier alpha value is -2.60. The summed E-state index contributed by atoms with van der Waals surface area (Å²) in [6.07, 6.45) is 2.70. The Bertz CT molecular complexity index is 1040. The van der Waals surface area contributed by atoms with Gasteiger partial charge in [0.1, 0.15) is 0 Å². The van der Waals surface area contributed by atoms with E-state index >= 15 is 0 Å². The van der Waals surface area contributed by atoms with Gasteiger partial charge in [0.2, 0.25) is 11.8 Å². The van der Waals surface area contributed by atoms with E-state index in [0.717, 1.165) is 45.0 Å². The second-order valence-electron chi connectivity index (χ2n) is 7.35. The van der Waals surface area contributed by atoms with Gasteiger partial charge in [0.25, 0.3) is 0 Å². The fourth-order valence-corrected chi connectivity index (χ4v) is 3.63. The number of hydrogen-bond acceptors (Lipinski definition) is 2. The Balaban J connectivity index is 1.56. The third-order valence-corrected chi connectivity index (χ3v) is 5.60. The number of amides is 2. The lowest BCUT2D eigenvalue weighted by atomic mass is 10.00. The number of benzene rings is 2. The minimum Gasteiger partial charge on any atom is -0.354 e. The molecule has 0 aliphatic heterocycles. The number of aromatic nitrogens is 1. The first-order chi connectivity index (χ1) is 13.5. The molecule has 0 bridgehead atoms. The lowest BCUT2D eigenvalue weighted by molar-refractivity contribution is -0.129. The Kier molecular flexibility index (Phi) is 5.22. The van der Waals surface area contributed by atoms with Crippen LogP contribution in [0.1, 0.15) is 30.4 Å². The number of hydrogen-bond donors (Lipinski definition) is 3. The number of rotatable bonds is 5. The van der Waals surface area contributed by atoms with Gasteiger partial charge in [0.15, 0.2) is 0 Å². The van der Waals surface area contributed by atoms with Gasteiger partial charge >= 0.3 is 0 Å². The molecule has 0 saturated heterocycles. The zero-order valence-electron chi connectivity index (χ0n) is 15.6. The minimum atomic E-state index is -0.183. The summed E-state index contributed by atoms with van der Waals surface area (Å²) in [6.45, 7) is 2.07. The monoisotopic (exact) mass is 439 g/mol. The molecule has 6 heteroatoms. The van der Waals surface area contributed by atoms with Crippen molar-refractivity contribution in [3.05, 3.63) is 58.1 Å². The van der Waals surface area contributed by atoms with Crippen LogP contribution in [0.2, 0.25) is 0 Å². The molecule has 2 aromatic carbocycles. The van der Waals surface area contributed by atoms with Crippen LogP contribution < -0.4 is 10.9 Å². The summed E-state index contributed by atoms with van der Waals surface area (Å²) in [7, 11) is 0. The summed E-state index contributed by atoms with van der Waals surface area (Å²) >= 11 is 3.48. The number of carbonyl (C=O) groups is 2. The highest BCUT2D eigenvalue weighted by Crippen LogP contribution is 2.32. The van der Waals surface area contributed by atoms with E-state index in [-0.39, 0.29) is 17.7 Å². The summed E-state index contributed by atoms with van der Waals surface area (Å²) in [6, 6.07) is 14.4. The van der Waals surface area contributed by atoms with Gasteiger partial charge in [-0.2, -0.15) is 0 Å². The van der Waals surface area contributed by atoms with Crippen LogP contribution in [0.25, 0.3) is 22.2 Å². The Labute approximate surface area is 172 Å². The lowest BCUT2D eigenvalue weighted by Crippen LogP contribution is -2.42. The maximum absolute atomic E-state index is 12.2. The Morgan fingerprint density at radius 1 is 1.11 bits per heavy atom. The van der Waals surface area contributed by atoms with E-state index in [0.29, 0.717) is 12.8 Å². The maximum Gasteiger partial charge on any atom is 0.241 e. The van der Waals surface area contributed by atoms with Crippen molar-refractivity contribution in [2.24, 2.45) is 5.92 Å². The predicted molar refractivity (Wildman–Crippen MR) is 114 cm³/mol. The van der Waals surface area contributed by atoms with Crippen LogP contribution in [-0.2, 0) is 16.0 Å². The average molecular weight is 440 g/mol. The molecule has 1 aliphatic carbocycles. The fourth-order valence-electron chi connectivity index (χ4n) is 3.36. The highest BCUT2D eigenvalue weighted by Gasteiger charge is 2.29. The fraction of sp³-hybridized carbons (Fsp3) is 0.273. The molecule has 3 N–H and O–H groups in total. The van der Waals surface area contributed by atoms with E-state index in [1.165, 1.54) is 5.56 Å². The van der Waals surface area contributed by atoms with Gasteiger partial charge < -0.3 is 4.98 Å². The van der Waals surface area contributed by atoms with E-state index < -0.39 is 0 Å². The lowest BCUT2D eigenvalue weighted by Gasteiger charge is -2.08. The molecule has 0 unspecified atom stereocenters. The molecule has 144 valence electrons. The van der Waals surface area contributed by atoms with Crippen LogP contribution >= 0.6 is 15.9 Å². The van der Waals surface area contributed by atoms with Crippen LogP contribution in [0.3, 0.4) is 0 Å². The topological polar surface area (TPSA) is 74.0 Å². The van der Waals surface area contributed by atoms with Crippen molar-refractivity contribution in [3.63, 3.8) is 0 Å². The summed E-state index contributed by atoms with van der Waals surface area (Å²) in [4.78, 5) is 27.4. The average Bonchev–Trinajstić information content (AvgIpc) is 3.47. The second kappa shape index (κ2) is 7.80. The molecule has 1 saturated carbocycles. The number of carbonyl (C=O) groups excluding carboxylic acids is 2. The summed E-state index contributed by atoms with van der Waals surface area (Å²) in [5, 5.41) is 1.13. The van der Waals surface area contributed by atoms with Crippen molar-refractivity contribution in [1.29, 1.82) is 0 Å². The third-order valence-electron chi connectivity index (χ3n) is 5.07. The molecule has 3 aromatic rings. The molecule has 1 fully saturated rings. The first-order valence-corrected chi connectivity index (χ1v) is 10.3. The maximum atomic E-state index is 12.2. The van der Waals surface area contributed by atoms with Gasteiger partial charge in [0.05, 0.1) is 0 Å². The van der Waals surface area contributed by atoms with Crippen molar-refractivity contribution in [2.75, 3.05) is 0 Å². The van der Waals surface area contributed by atoms with Gasteiger partial charge in [-0.15, -0.1) is 0 Å². The summed E-state index contributed by atoms with van der Waals surface area (Å²) < 4.78 is 1.02. The van der Waals surface area contributed by atoms with E-state index in [2.05, 4.69) is 69.0 Å². The molecule has 28 heavy (non-hydrogen) atoms. The zero-order chi connectivity index (χ0) is 19.7. The van der Waals surface area contributed by atoms with Crippen molar-refractivity contribution >= 4 is 38.6 Å². The van der Waals surface area contributed by atoms with Gasteiger partial charge in [-0.3, -0.25) is 20.4 Å². The number of aryl methyl sites for hydroxylation is 2. The van der Waals surface area contributed by atoms with Crippen molar-refractivity contribution < 1.29 is 9.59 Å². The highest BCUT2D eigenvalue weighted by molar-refractivity contribution is 9.10. The molecule has 2 amide bonds. The van der Waals surface area contributed by atoms with Gasteiger partial charge in [0, 0.05) is 33.4 Å². The molecule has 4 rings (SSSR count). The molecular weight excluding hydrogens is 418 g/mol. The standard InChI is InChI=1S/C22H22BrN3O2/c1-13-2-10-19-18(12-13)17(21(24-19)14-5-7-16(23)8-6-14)9-11-20(27)25-26-22(28)15-3-4-15/h2,5-8,10,12,15,24H,3-4,9,11H2,1H3,(H,25,27)(H,26,28). The number of H-pyrrole nitrogens is 1. The van der Waals surface area contributed by atoms with E-state index in [9.17, 15) is 9.59 Å².